The first-order chi connectivity index (χ1) is 9.42. The summed E-state index contributed by atoms with van der Waals surface area (Å²) in [5, 5.41) is -0.836. The second kappa shape index (κ2) is 10.5. The molecule has 0 saturated carbocycles. The smallest absolute Gasteiger partial charge is 0.399 e. The van der Waals surface area contributed by atoms with Crippen LogP contribution in [-0.4, -0.2) is 44.6 Å². The van der Waals surface area contributed by atoms with Crippen LogP contribution in [0.25, 0.3) is 0 Å². The average Bonchev–Trinajstić information content (AvgIpc) is 2.43. The summed E-state index contributed by atoms with van der Waals surface area (Å²) in [5.41, 5.74) is 0. The molecule has 20 heavy (non-hydrogen) atoms. The number of rotatable bonds is 10. The highest BCUT2D eigenvalue weighted by molar-refractivity contribution is 8.98. The van der Waals surface area contributed by atoms with Crippen LogP contribution in [0.2, 0.25) is 0 Å². The lowest BCUT2D eigenvalue weighted by Crippen LogP contribution is -2.24. The molecule has 0 saturated heterocycles. The minimum absolute atomic E-state index is 0.169. The lowest BCUT2D eigenvalue weighted by atomic mass is 10.3. The zero-order chi connectivity index (χ0) is 15.6. The van der Waals surface area contributed by atoms with E-state index in [1.807, 2.05) is 0 Å². The summed E-state index contributed by atoms with van der Waals surface area (Å²) in [5.74, 6) is -1.10. The Balaban J connectivity index is 4.64. The third kappa shape index (κ3) is 7.54. The number of carbonyl (C=O) groups excluding carboxylic acids is 2. The average molecular weight is 346 g/mol. The molecule has 0 spiro atoms. The van der Waals surface area contributed by atoms with Gasteiger partial charge in [-0.3, -0.25) is 9.59 Å². The Morgan fingerprint density at radius 2 is 1.65 bits per heavy atom. The Labute approximate surface area is 126 Å². The molecule has 1 unspecified atom stereocenters. The minimum Gasteiger partial charge on any atom is -0.466 e. The standard InChI is InChI=1S/C10H19O7PS2/c1-5-16-9(11)7-8(10(12)17-6-2)19-20-18(13,14-3)15-4/h8H,5-7H2,1-4H3. The van der Waals surface area contributed by atoms with Gasteiger partial charge in [-0.15, -0.1) is 0 Å². The molecule has 0 aliphatic heterocycles. The summed E-state index contributed by atoms with van der Waals surface area (Å²) in [7, 11) is 4.15. The van der Waals surface area contributed by atoms with Crippen LogP contribution in [0.1, 0.15) is 20.3 Å². The third-order valence-corrected chi connectivity index (χ3v) is 8.47. The van der Waals surface area contributed by atoms with E-state index in [1.165, 1.54) is 14.2 Å². The van der Waals surface area contributed by atoms with Gasteiger partial charge < -0.3 is 18.5 Å². The largest absolute Gasteiger partial charge is 0.466 e. The van der Waals surface area contributed by atoms with E-state index in [9.17, 15) is 14.2 Å². The lowest BCUT2D eigenvalue weighted by Gasteiger charge is -2.16. The summed E-state index contributed by atoms with van der Waals surface area (Å²) in [6, 6.07) is 0. The predicted molar refractivity (Wildman–Crippen MR) is 78.5 cm³/mol. The minimum atomic E-state index is -3.33. The molecule has 118 valence electrons. The molecule has 0 aliphatic rings. The molecule has 7 nitrogen and oxygen atoms in total. The normalized spacial score (nSPS) is 12.8. The van der Waals surface area contributed by atoms with Crippen LogP contribution in [0, 0.1) is 0 Å². The summed E-state index contributed by atoms with van der Waals surface area (Å²) in [6.45, 7) is 0.409. The fourth-order valence-electron chi connectivity index (χ4n) is 1.00. The molecule has 10 heteroatoms. The Kier molecular flexibility index (Phi) is 10.4. The first-order valence-corrected chi connectivity index (χ1v) is 10.2. The molecule has 0 fully saturated rings. The van der Waals surface area contributed by atoms with E-state index in [0.717, 1.165) is 21.2 Å². The quantitative estimate of drug-likeness (QED) is 0.336. The van der Waals surface area contributed by atoms with Gasteiger partial charge in [0.15, 0.2) is 0 Å². The number of hydrogen-bond donors (Lipinski definition) is 0. The Bertz CT molecular complexity index is 356. The van der Waals surface area contributed by atoms with Crippen LogP contribution in [0.4, 0.5) is 0 Å². The van der Waals surface area contributed by atoms with Crippen LogP contribution < -0.4 is 0 Å². The zero-order valence-electron chi connectivity index (χ0n) is 11.8. The van der Waals surface area contributed by atoms with Crippen LogP contribution in [0.15, 0.2) is 0 Å². The van der Waals surface area contributed by atoms with Crippen molar-refractivity contribution in [2.24, 2.45) is 0 Å². The fourth-order valence-corrected chi connectivity index (χ4v) is 6.25. The molecule has 0 heterocycles. The van der Waals surface area contributed by atoms with Gasteiger partial charge in [-0.2, -0.15) is 0 Å². The first-order valence-electron chi connectivity index (χ1n) is 5.81. The Hall–Kier alpha value is -0.210. The van der Waals surface area contributed by atoms with Crippen molar-refractivity contribution >= 4 is 39.9 Å². The number of carbonyl (C=O) groups is 2. The Morgan fingerprint density at radius 1 is 1.10 bits per heavy atom. The lowest BCUT2D eigenvalue weighted by molar-refractivity contribution is -0.149. The van der Waals surface area contributed by atoms with Gasteiger partial charge in [0.1, 0.15) is 5.25 Å². The predicted octanol–water partition coefficient (Wildman–Crippen LogP) is 2.65. The van der Waals surface area contributed by atoms with Gasteiger partial charge >= 0.3 is 18.7 Å². The summed E-state index contributed by atoms with van der Waals surface area (Å²) < 4.78 is 31.0. The SMILES string of the molecule is CCOC(=O)CC(SSP(=O)(OC)OC)C(=O)OCC. The molecule has 0 aliphatic carbocycles. The molecule has 0 aromatic carbocycles. The molecule has 0 radical (unpaired) electrons. The van der Waals surface area contributed by atoms with Gasteiger partial charge in [0.25, 0.3) is 0 Å². The fraction of sp³-hybridized carbons (Fsp3) is 0.800. The highest BCUT2D eigenvalue weighted by atomic mass is 33.3. The van der Waals surface area contributed by atoms with Gasteiger partial charge in [0, 0.05) is 24.6 Å². The molecule has 0 rings (SSSR count). The zero-order valence-corrected chi connectivity index (χ0v) is 14.3. The molecule has 0 amide bonds. The van der Waals surface area contributed by atoms with Crippen LogP contribution in [-0.2, 0) is 32.7 Å². The number of ether oxygens (including phenoxy) is 2. The summed E-state index contributed by atoms with van der Waals surface area (Å²) in [4.78, 5) is 23.2. The first kappa shape index (κ1) is 19.8. The van der Waals surface area contributed by atoms with Crippen molar-refractivity contribution in [1.82, 2.24) is 0 Å². The van der Waals surface area contributed by atoms with Crippen LogP contribution in [0.5, 0.6) is 0 Å². The second-order valence-electron chi connectivity index (χ2n) is 3.23. The third-order valence-electron chi connectivity index (χ3n) is 1.90. The molecule has 0 N–H and O–H groups in total. The molecule has 0 bridgehead atoms. The van der Waals surface area contributed by atoms with Crippen molar-refractivity contribution in [2.75, 3.05) is 27.4 Å². The van der Waals surface area contributed by atoms with E-state index >= 15 is 0 Å². The number of esters is 2. The van der Waals surface area contributed by atoms with Gasteiger partial charge in [0.05, 0.1) is 19.6 Å². The van der Waals surface area contributed by atoms with Crippen LogP contribution in [0.3, 0.4) is 0 Å². The van der Waals surface area contributed by atoms with E-state index in [1.54, 1.807) is 13.8 Å². The van der Waals surface area contributed by atoms with Crippen molar-refractivity contribution in [2.45, 2.75) is 25.5 Å². The van der Waals surface area contributed by atoms with Crippen molar-refractivity contribution in [1.29, 1.82) is 0 Å². The van der Waals surface area contributed by atoms with E-state index in [2.05, 4.69) is 0 Å². The Morgan fingerprint density at radius 3 is 2.10 bits per heavy atom. The van der Waals surface area contributed by atoms with Crippen LogP contribution >= 0.6 is 28.0 Å². The topological polar surface area (TPSA) is 88.1 Å². The maximum absolute atomic E-state index is 11.9. The maximum Gasteiger partial charge on any atom is 0.399 e. The number of hydrogen-bond acceptors (Lipinski definition) is 9. The highest BCUT2D eigenvalue weighted by Gasteiger charge is 2.31. The van der Waals surface area contributed by atoms with E-state index < -0.39 is 24.0 Å². The van der Waals surface area contributed by atoms with Crippen molar-refractivity contribution in [3.05, 3.63) is 0 Å². The molecule has 0 aromatic heterocycles. The van der Waals surface area contributed by atoms with E-state index in [-0.39, 0.29) is 19.6 Å². The van der Waals surface area contributed by atoms with E-state index in [4.69, 9.17) is 18.5 Å². The summed E-state index contributed by atoms with van der Waals surface area (Å²) in [6.07, 6.45) is -0.169. The summed E-state index contributed by atoms with van der Waals surface area (Å²) >= 11 is 0. The molecule has 1 atom stereocenters. The van der Waals surface area contributed by atoms with Gasteiger partial charge in [0.2, 0.25) is 0 Å². The van der Waals surface area contributed by atoms with Crippen molar-refractivity contribution in [3.8, 4) is 0 Å². The van der Waals surface area contributed by atoms with Gasteiger partial charge in [-0.25, -0.2) is 4.57 Å². The van der Waals surface area contributed by atoms with Gasteiger partial charge in [-0.05, 0) is 13.8 Å². The van der Waals surface area contributed by atoms with Crippen molar-refractivity contribution < 1.29 is 32.7 Å². The maximum atomic E-state index is 11.9. The monoisotopic (exact) mass is 346 g/mol. The molecule has 0 aromatic rings. The van der Waals surface area contributed by atoms with E-state index in [0.29, 0.717) is 0 Å². The highest BCUT2D eigenvalue weighted by Crippen LogP contribution is 2.65. The molecular weight excluding hydrogens is 327 g/mol. The van der Waals surface area contributed by atoms with Gasteiger partial charge in [-0.1, -0.05) is 10.8 Å². The molecular formula is C10H19O7PS2. The van der Waals surface area contributed by atoms with Crippen molar-refractivity contribution in [3.63, 3.8) is 0 Å². The second-order valence-corrected chi connectivity index (χ2v) is 9.48.